The van der Waals surface area contributed by atoms with Crippen molar-refractivity contribution in [1.29, 1.82) is 5.26 Å². The van der Waals surface area contributed by atoms with Crippen LogP contribution in [0.1, 0.15) is 27.8 Å². The van der Waals surface area contributed by atoms with Crippen LogP contribution in [0.5, 0.6) is 0 Å². The van der Waals surface area contributed by atoms with Gasteiger partial charge in [0.2, 0.25) is 0 Å². The number of benzene rings is 6. The minimum atomic E-state index is -5.11. The predicted octanol–water partition coefficient (Wildman–Crippen LogP) is 12.1. The number of rotatable bonds is 3. The number of alkyl halides is 6. The molecule has 50 heavy (non-hydrogen) atoms. The van der Waals surface area contributed by atoms with Gasteiger partial charge in [-0.05, 0) is 84.6 Å². The van der Waals surface area contributed by atoms with Gasteiger partial charge in [0.15, 0.2) is 0 Å². The van der Waals surface area contributed by atoms with Gasteiger partial charge in [0.25, 0.3) is 0 Å². The van der Waals surface area contributed by atoms with Crippen LogP contribution in [0.2, 0.25) is 0 Å². The third kappa shape index (κ3) is 4.66. The second-order valence-electron chi connectivity index (χ2n) is 12.4. The van der Waals surface area contributed by atoms with Crippen LogP contribution >= 0.6 is 0 Å². The molecule has 2 aromatic heterocycles. The van der Waals surface area contributed by atoms with Crippen molar-refractivity contribution >= 4 is 43.6 Å². The van der Waals surface area contributed by atoms with Gasteiger partial charge in [-0.1, -0.05) is 66.7 Å². The average molecular weight is 674 g/mol. The van der Waals surface area contributed by atoms with Crippen molar-refractivity contribution in [3.8, 4) is 28.6 Å². The first-order valence-electron chi connectivity index (χ1n) is 15.7. The molecule has 3 nitrogen and oxygen atoms in total. The maximum absolute atomic E-state index is 14.7. The Balaban J connectivity index is 1.58. The van der Waals surface area contributed by atoms with E-state index in [1.807, 2.05) is 108 Å². The highest BCUT2D eigenvalue weighted by Gasteiger charge is 2.39. The minimum absolute atomic E-state index is 0.00668. The van der Waals surface area contributed by atoms with Gasteiger partial charge in [0.05, 0.1) is 44.6 Å². The predicted molar refractivity (Wildman–Crippen MR) is 185 cm³/mol. The Hall–Kier alpha value is -6.01. The van der Waals surface area contributed by atoms with Crippen LogP contribution in [0, 0.1) is 25.2 Å². The highest BCUT2D eigenvalue weighted by atomic mass is 19.4. The summed E-state index contributed by atoms with van der Waals surface area (Å²) in [6.45, 7) is 3.93. The molecule has 0 bridgehead atoms. The molecular formula is C41H25F6N3. The van der Waals surface area contributed by atoms with Gasteiger partial charge in [-0.25, -0.2) is 0 Å². The maximum atomic E-state index is 14.7. The summed E-state index contributed by atoms with van der Waals surface area (Å²) in [4.78, 5) is 0. The summed E-state index contributed by atoms with van der Waals surface area (Å²) in [6, 6.07) is 33.6. The second kappa shape index (κ2) is 11.0. The summed E-state index contributed by atoms with van der Waals surface area (Å²) in [6.07, 6.45) is -10.1. The molecule has 0 saturated carbocycles. The average Bonchev–Trinajstić information content (AvgIpc) is 3.61. The van der Waals surface area contributed by atoms with Gasteiger partial charge in [0.1, 0.15) is 11.6 Å². The van der Waals surface area contributed by atoms with E-state index in [2.05, 4.69) is 6.07 Å². The van der Waals surface area contributed by atoms with Crippen LogP contribution in [-0.4, -0.2) is 9.13 Å². The third-order valence-corrected chi connectivity index (χ3v) is 9.47. The highest BCUT2D eigenvalue weighted by molar-refractivity contribution is 6.12. The van der Waals surface area contributed by atoms with Gasteiger partial charge in [-0.3, -0.25) is 0 Å². The first-order chi connectivity index (χ1) is 23.9. The fourth-order valence-electron chi connectivity index (χ4n) is 7.36. The number of aryl methyl sites for hydroxylation is 2. The molecule has 0 radical (unpaired) electrons. The lowest BCUT2D eigenvalue weighted by molar-refractivity contribution is -0.142. The van der Waals surface area contributed by atoms with E-state index in [1.165, 1.54) is 12.1 Å². The standard InChI is InChI=1S/C41H25F6N3/c1-23-9-7-15-34-38(23)28-11-3-5-13-32(28)49(34)36-19-25(27-18-17-26(40(42,43)44)21-31(27)41(45,46)47)20-37(30(36)22-48)50-33-14-6-4-12-29(33)39-24(2)10-8-16-35(39)50/h3-21H,1-2H3. The molecule has 8 rings (SSSR count). The zero-order chi connectivity index (χ0) is 35.1. The highest BCUT2D eigenvalue weighted by Crippen LogP contribution is 2.45. The number of para-hydroxylation sites is 2. The molecule has 0 fully saturated rings. The number of aromatic nitrogens is 2. The molecular weight excluding hydrogens is 648 g/mol. The van der Waals surface area contributed by atoms with Gasteiger partial charge in [0, 0.05) is 21.5 Å². The summed E-state index contributed by atoms with van der Waals surface area (Å²) >= 11 is 0. The minimum Gasteiger partial charge on any atom is -0.308 e. The van der Waals surface area contributed by atoms with Gasteiger partial charge in [-0.2, -0.15) is 31.6 Å². The van der Waals surface area contributed by atoms with E-state index in [0.29, 0.717) is 17.4 Å². The molecule has 0 aliphatic carbocycles. The van der Waals surface area contributed by atoms with Crippen molar-refractivity contribution in [2.45, 2.75) is 26.2 Å². The zero-order valence-electron chi connectivity index (χ0n) is 26.6. The molecule has 246 valence electrons. The molecule has 0 aliphatic heterocycles. The quantitative estimate of drug-likeness (QED) is 0.172. The molecule has 0 spiro atoms. The molecule has 0 atom stereocenters. The second-order valence-corrected chi connectivity index (χ2v) is 12.4. The number of nitriles is 1. The van der Waals surface area contributed by atoms with E-state index in [0.717, 1.165) is 60.8 Å². The number of fused-ring (bicyclic) bond motifs is 6. The van der Waals surface area contributed by atoms with Crippen molar-refractivity contribution in [1.82, 2.24) is 9.13 Å². The largest absolute Gasteiger partial charge is 0.417 e. The molecule has 0 amide bonds. The van der Waals surface area contributed by atoms with Gasteiger partial charge in [-0.15, -0.1) is 0 Å². The Morgan fingerprint density at radius 1 is 0.540 bits per heavy atom. The normalized spacial score (nSPS) is 12.4. The zero-order valence-corrected chi connectivity index (χ0v) is 26.6. The topological polar surface area (TPSA) is 33.6 Å². The summed E-state index contributed by atoms with van der Waals surface area (Å²) in [5.41, 5.74) is 2.34. The molecule has 0 N–H and O–H groups in total. The molecule has 8 aromatic rings. The van der Waals surface area contributed by atoms with Crippen molar-refractivity contribution < 1.29 is 26.3 Å². The van der Waals surface area contributed by atoms with E-state index >= 15 is 0 Å². The summed E-state index contributed by atoms with van der Waals surface area (Å²) in [5, 5.41) is 14.6. The van der Waals surface area contributed by atoms with Crippen molar-refractivity contribution in [2.24, 2.45) is 0 Å². The van der Waals surface area contributed by atoms with Crippen LogP contribution in [0.25, 0.3) is 66.1 Å². The Kier molecular flexibility index (Phi) is 6.88. The lowest BCUT2D eigenvalue weighted by atomic mass is 9.94. The third-order valence-electron chi connectivity index (χ3n) is 9.47. The van der Waals surface area contributed by atoms with Crippen LogP contribution in [0.15, 0.2) is 115 Å². The maximum Gasteiger partial charge on any atom is 0.417 e. The molecule has 2 heterocycles. The van der Waals surface area contributed by atoms with Gasteiger partial charge >= 0.3 is 12.4 Å². The summed E-state index contributed by atoms with van der Waals surface area (Å²) in [5.74, 6) is 0. The number of halogens is 6. The molecule has 0 saturated heterocycles. The number of hydrogen-bond acceptors (Lipinski definition) is 1. The first kappa shape index (κ1) is 31.3. The fourth-order valence-corrected chi connectivity index (χ4v) is 7.36. The Morgan fingerprint density at radius 2 is 1.02 bits per heavy atom. The monoisotopic (exact) mass is 673 g/mol. The van der Waals surface area contributed by atoms with Crippen LogP contribution in [0.4, 0.5) is 26.3 Å². The van der Waals surface area contributed by atoms with E-state index in [4.69, 9.17) is 0 Å². The smallest absolute Gasteiger partial charge is 0.308 e. The van der Waals surface area contributed by atoms with E-state index < -0.39 is 29.0 Å². The summed E-state index contributed by atoms with van der Waals surface area (Å²) < 4.78 is 89.0. The van der Waals surface area contributed by atoms with Crippen LogP contribution < -0.4 is 0 Å². The molecule has 9 heteroatoms. The van der Waals surface area contributed by atoms with Crippen molar-refractivity contribution in [2.75, 3.05) is 0 Å². The first-order valence-corrected chi connectivity index (χ1v) is 15.7. The Bertz CT molecular complexity index is 2580. The van der Waals surface area contributed by atoms with E-state index in [9.17, 15) is 31.6 Å². The number of nitrogens with zero attached hydrogens (tertiary/aromatic N) is 3. The fraction of sp³-hybridized carbons (Fsp3) is 0.0976. The molecule has 6 aromatic carbocycles. The SMILES string of the molecule is Cc1cccc2c1c1ccccc1n2-c1cc(-c2ccc(C(F)(F)F)cc2C(F)(F)F)cc(-n2c3ccccc3c3c(C)cccc32)c1C#N. The van der Waals surface area contributed by atoms with Crippen LogP contribution in [-0.2, 0) is 12.4 Å². The van der Waals surface area contributed by atoms with Crippen LogP contribution in [0.3, 0.4) is 0 Å². The Morgan fingerprint density at radius 3 is 1.48 bits per heavy atom. The lowest BCUT2D eigenvalue weighted by Gasteiger charge is -2.21. The van der Waals surface area contributed by atoms with E-state index in [1.54, 1.807) is 0 Å². The Labute approximate surface area is 281 Å². The molecule has 0 aliphatic rings. The van der Waals surface area contributed by atoms with E-state index in [-0.39, 0.29) is 17.2 Å². The lowest BCUT2D eigenvalue weighted by Crippen LogP contribution is -2.12. The van der Waals surface area contributed by atoms with Crippen molar-refractivity contribution in [3.05, 3.63) is 143 Å². The molecule has 0 unspecified atom stereocenters. The van der Waals surface area contributed by atoms with Gasteiger partial charge < -0.3 is 9.13 Å². The summed E-state index contributed by atoms with van der Waals surface area (Å²) in [7, 11) is 0. The van der Waals surface area contributed by atoms with Crippen molar-refractivity contribution in [3.63, 3.8) is 0 Å². The number of hydrogen-bond donors (Lipinski definition) is 0.